The van der Waals surface area contributed by atoms with E-state index in [0.717, 1.165) is 15.6 Å². The van der Waals surface area contributed by atoms with Crippen LogP contribution in [0.3, 0.4) is 0 Å². The molecule has 8 nitrogen and oxygen atoms in total. The van der Waals surface area contributed by atoms with Gasteiger partial charge in [-0.25, -0.2) is 13.4 Å². The highest BCUT2D eigenvalue weighted by Crippen LogP contribution is 2.19. The summed E-state index contributed by atoms with van der Waals surface area (Å²) >= 11 is 6.90. The number of ether oxygens (including phenoxy) is 1. The van der Waals surface area contributed by atoms with Crippen molar-refractivity contribution in [1.82, 2.24) is 9.29 Å². The topological polar surface area (TPSA) is 106 Å². The molecular formula is C16H18ClN3O5S2. The Hall–Kier alpha value is -2.01. The zero-order valence-electron chi connectivity index (χ0n) is 14.6. The summed E-state index contributed by atoms with van der Waals surface area (Å²) in [6.45, 7) is 1.60. The van der Waals surface area contributed by atoms with Gasteiger partial charge in [0.25, 0.3) is 0 Å². The number of hydrogen-bond acceptors (Lipinski definition) is 7. The third kappa shape index (κ3) is 5.99. The molecule has 1 aromatic heterocycles. The van der Waals surface area contributed by atoms with Crippen molar-refractivity contribution in [3.8, 4) is 0 Å². The molecule has 0 aliphatic rings. The predicted octanol–water partition coefficient (Wildman–Crippen LogP) is 2.16. The Labute approximate surface area is 166 Å². The molecule has 0 aliphatic heterocycles. The van der Waals surface area contributed by atoms with E-state index < -0.39 is 28.4 Å². The molecular weight excluding hydrogens is 414 g/mol. The van der Waals surface area contributed by atoms with Gasteiger partial charge in [0.2, 0.25) is 15.9 Å². The summed E-state index contributed by atoms with van der Waals surface area (Å²) < 4.78 is 30.7. The standard InChI is InChI=1S/C16H18ClN3O5S2/c1-3-25-15(22)8-12-10-26-16(18-12)19-14(21)9-20(2)27(23,24)13-6-4-11(17)5-7-13/h4-7,10H,3,8-9H2,1-2H3,(H,18,19,21). The lowest BCUT2D eigenvalue weighted by molar-refractivity contribution is -0.142. The van der Waals surface area contributed by atoms with Crippen LogP contribution in [0.1, 0.15) is 12.6 Å². The van der Waals surface area contributed by atoms with E-state index in [0.29, 0.717) is 10.7 Å². The van der Waals surface area contributed by atoms with Gasteiger partial charge in [0.05, 0.1) is 30.2 Å². The molecule has 0 fully saturated rings. The number of aromatic nitrogens is 1. The Morgan fingerprint density at radius 2 is 1.96 bits per heavy atom. The van der Waals surface area contributed by atoms with Crippen LogP contribution in [0.25, 0.3) is 0 Å². The van der Waals surface area contributed by atoms with Crippen molar-refractivity contribution in [2.45, 2.75) is 18.2 Å². The second kappa shape index (κ2) is 9.27. The van der Waals surface area contributed by atoms with Crippen LogP contribution in [-0.2, 0) is 30.8 Å². The lowest BCUT2D eigenvalue weighted by Gasteiger charge is -2.16. The number of benzene rings is 1. The zero-order valence-corrected chi connectivity index (χ0v) is 17.0. The molecule has 0 radical (unpaired) electrons. The first-order valence-electron chi connectivity index (χ1n) is 7.84. The van der Waals surface area contributed by atoms with Gasteiger partial charge in [-0.3, -0.25) is 9.59 Å². The van der Waals surface area contributed by atoms with Crippen molar-refractivity contribution >= 4 is 50.0 Å². The van der Waals surface area contributed by atoms with Crippen LogP contribution in [0.15, 0.2) is 34.5 Å². The third-order valence-corrected chi connectivity index (χ3v) is 6.19. The van der Waals surface area contributed by atoms with Crippen LogP contribution in [0.5, 0.6) is 0 Å². The Kier molecular flexibility index (Phi) is 7.31. The lowest BCUT2D eigenvalue weighted by atomic mass is 10.3. The molecule has 0 atom stereocenters. The quantitative estimate of drug-likeness (QED) is 0.642. The molecule has 27 heavy (non-hydrogen) atoms. The number of hydrogen-bond donors (Lipinski definition) is 1. The molecule has 0 bridgehead atoms. The summed E-state index contributed by atoms with van der Waals surface area (Å²) in [6.07, 6.45) is 0.00502. The average Bonchev–Trinajstić information content (AvgIpc) is 3.01. The maximum absolute atomic E-state index is 12.5. The third-order valence-electron chi connectivity index (χ3n) is 3.32. The number of nitrogens with one attached hydrogen (secondary N) is 1. The zero-order chi connectivity index (χ0) is 20.0. The van der Waals surface area contributed by atoms with Gasteiger partial charge in [-0.05, 0) is 31.2 Å². The second-order valence-corrected chi connectivity index (χ2v) is 8.73. The minimum absolute atomic E-state index is 0.00502. The van der Waals surface area contributed by atoms with E-state index in [1.807, 2.05) is 0 Å². The van der Waals surface area contributed by atoms with Gasteiger partial charge in [0.15, 0.2) is 5.13 Å². The minimum Gasteiger partial charge on any atom is -0.466 e. The number of amides is 1. The Morgan fingerprint density at radius 1 is 1.30 bits per heavy atom. The van der Waals surface area contributed by atoms with Gasteiger partial charge in [-0.1, -0.05) is 11.6 Å². The van der Waals surface area contributed by atoms with Crippen LogP contribution >= 0.6 is 22.9 Å². The highest BCUT2D eigenvalue weighted by atomic mass is 35.5. The summed E-state index contributed by atoms with van der Waals surface area (Å²) in [7, 11) is -2.52. The summed E-state index contributed by atoms with van der Waals surface area (Å²) in [5.74, 6) is -0.957. The number of rotatable bonds is 8. The molecule has 146 valence electrons. The first-order chi connectivity index (χ1) is 12.7. The number of halogens is 1. The number of thiazole rings is 1. The number of carbonyl (C=O) groups excluding carboxylic acids is 2. The fraction of sp³-hybridized carbons (Fsp3) is 0.312. The van der Waals surface area contributed by atoms with Gasteiger partial charge >= 0.3 is 5.97 Å². The van der Waals surface area contributed by atoms with Crippen molar-refractivity contribution in [2.75, 3.05) is 25.5 Å². The van der Waals surface area contributed by atoms with Crippen molar-refractivity contribution in [3.05, 3.63) is 40.4 Å². The molecule has 0 saturated heterocycles. The summed E-state index contributed by atoms with van der Waals surface area (Å²) in [5, 5.41) is 4.83. The Morgan fingerprint density at radius 3 is 2.59 bits per heavy atom. The second-order valence-electron chi connectivity index (χ2n) is 5.39. The maximum Gasteiger partial charge on any atom is 0.311 e. The van der Waals surface area contributed by atoms with Gasteiger partial charge < -0.3 is 10.1 Å². The Balaban J connectivity index is 1.96. The lowest BCUT2D eigenvalue weighted by Crippen LogP contribution is -2.34. The SMILES string of the molecule is CCOC(=O)Cc1csc(NC(=O)CN(C)S(=O)(=O)c2ccc(Cl)cc2)n1. The van der Waals surface area contributed by atoms with E-state index in [1.54, 1.807) is 12.3 Å². The van der Waals surface area contributed by atoms with E-state index in [2.05, 4.69) is 10.3 Å². The molecule has 0 saturated carbocycles. The van der Waals surface area contributed by atoms with Crippen molar-refractivity contribution in [2.24, 2.45) is 0 Å². The van der Waals surface area contributed by atoms with E-state index >= 15 is 0 Å². The van der Waals surface area contributed by atoms with Crippen LogP contribution in [-0.4, -0.2) is 49.8 Å². The highest BCUT2D eigenvalue weighted by molar-refractivity contribution is 7.89. The molecule has 2 rings (SSSR count). The van der Waals surface area contributed by atoms with E-state index in [1.165, 1.54) is 31.3 Å². The number of anilines is 1. The molecule has 0 unspecified atom stereocenters. The molecule has 1 N–H and O–H groups in total. The van der Waals surface area contributed by atoms with E-state index in [4.69, 9.17) is 16.3 Å². The van der Waals surface area contributed by atoms with Crippen LogP contribution in [0.4, 0.5) is 5.13 Å². The van der Waals surface area contributed by atoms with Crippen molar-refractivity contribution in [1.29, 1.82) is 0 Å². The first kappa shape index (κ1) is 21.3. The molecule has 11 heteroatoms. The van der Waals surface area contributed by atoms with Crippen LogP contribution in [0.2, 0.25) is 5.02 Å². The van der Waals surface area contributed by atoms with Gasteiger partial charge in [-0.15, -0.1) is 11.3 Å². The predicted molar refractivity (Wildman–Crippen MR) is 102 cm³/mol. The minimum atomic E-state index is -3.82. The van der Waals surface area contributed by atoms with Crippen molar-refractivity contribution in [3.63, 3.8) is 0 Å². The summed E-state index contributed by atoms with van der Waals surface area (Å²) in [5.41, 5.74) is 0.468. The fourth-order valence-corrected chi connectivity index (χ4v) is 4.02. The van der Waals surface area contributed by atoms with Crippen LogP contribution in [0, 0.1) is 0 Å². The first-order valence-corrected chi connectivity index (χ1v) is 10.5. The average molecular weight is 432 g/mol. The normalized spacial score (nSPS) is 11.4. The highest BCUT2D eigenvalue weighted by Gasteiger charge is 2.23. The molecule has 1 heterocycles. The van der Waals surface area contributed by atoms with Crippen LogP contribution < -0.4 is 5.32 Å². The number of likely N-dealkylation sites (N-methyl/N-ethyl adjacent to an activating group) is 1. The molecule has 1 amide bonds. The number of sulfonamides is 1. The number of esters is 1. The maximum atomic E-state index is 12.5. The van der Waals surface area contributed by atoms with E-state index in [-0.39, 0.29) is 23.1 Å². The van der Waals surface area contributed by atoms with Gasteiger partial charge in [0, 0.05) is 17.5 Å². The van der Waals surface area contributed by atoms with Gasteiger partial charge in [-0.2, -0.15) is 4.31 Å². The Bertz CT molecular complexity index is 912. The molecule has 0 spiro atoms. The molecule has 1 aromatic carbocycles. The monoisotopic (exact) mass is 431 g/mol. The molecule has 2 aromatic rings. The van der Waals surface area contributed by atoms with Gasteiger partial charge in [0.1, 0.15) is 0 Å². The largest absolute Gasteiger partial charge is 0.466 e. The number of nitrogens with zero attached hydrogens (tertiary/aromatic N) is 2. The fourth-order valence-electron chi connectivity index (χ4n) is 2.04. The van der Waals surface area contributed by atoms with E-state index in [9.17, 15) is 18.0 Å². The molecule has 0 aliphatic carbocycles. The summed E-state index contributed by atoms with van der Waals surface area (Å²) in [4.78, 5) is 27.7. The summed E-state index contributed by atoms with van der Waals surface area (Å²) in [6, 6.07) is 5.66. The van der Waals surface area contributed by atoms with Crippen molar-refractivity contribution < 1.29 is 22.7 Å². The number of carbonyl (C=O) groups is 2. The smallest absolute Gasteiger partial charge is 0.311 e.